The highest BCUT2D eigenvalue weighted by Gasteiger charge is 2.20. The van der Waals surface area contributed by atoms with Crippen LogP contribution in [0.1, 0.15) is 38.5 Å². The van der Waals surface area contributed by atoms with Gasteiger partial charge >= 0.3 is 12.0 Å². The largest absolute Gasteiger partial charge is 0.548 e. The molecule has 0 spiro atoms. The second-order valence-corrected chi connectivity index (χ2v) is 6.39. The van der Waals surface area contributed by atoms with Crippen LogP contribution >= 0.6 is 11.1 Å². The number of rotatable bonds is 6. The van der Waals surface area contributed by atoms with Crippen LogP contribution in [0, 0.1) is 5.92 Å². The first-order valence-electron chi connectivity index (χ1n) is 7.44. The number of methoxy groups -OCH3 is 1. The van der Waals surface area contributed by atoms with Gasteiger partial charge in [-0.05, 0) is 12.3 Å². The van der Waals surface area contributed by atoms with Gasteiger partial charge in [-0.2, -0.15) is 0 Å². The summed E-state index contributed by atoms with van der Waals surface area (Å²) in [5, 5.41) is 11.2. The fourth-order valence-corrected chi connectivity index (χ4v) is 3.52. The molecule has 124 valence electrons. The number of carbonyl (C=O) groups is 1. The van der Waals surface area contributed by atoms with E-state index in [1.54, 1.807) is 0 Å². The first-order valence-corrected chi connectivity index (χ1v) is 8.55. The zero-order valence-corrected chi connectivity index (χ0v) is 13.4. The van der Waals surface area contributed by atoms with E-state index in [0.29, 0.717) is 11.4 Å². The van der Waals surface area contributed by atoms with Gasteiger partial charge in [-0.25, -0.2) is 4.79 Å². The summed E-state index contributed by atoms with van der Waals surface area (Å²) >= 11 is -1.57. The SMILES string of the molecule is COc1n[s+]([O-])[nH]c1=N[C@H](CNC(=O)O)CC1CCCCC1. The number of aromatic amines is 1. The van der Waals surface area contributed by atoms with E-state index < -0.39 is 17.2 Å². The van der Waals surface area contributed by atoms with Crippen molar-refractivity contribution in [1.82, 2.24) is 14.1 Å². The van der Waals surface area contributed by atoms with E-state index in [1.165, 1.54) is 26.4 Å². The minimum Gasteiger partial charge on any atom is -0.548 e. The third kappa shape index (κ3) is 4.99. The number of amides is 1. The number of nitrogens with zero attached hydrogens (tertiary/aromatic N) is 2. The lowest BCUT2D eigenvalue weighted by molar-refractivity contribution is 0.192. The van der Waals surface area contributed by atoms with Crippen molar-refractivity contribution in [1.29, 1.82) is 0 Å². The van der Waals surface area contributed by atoms with Crippen LogP contribution in [-0.2, 0) is 0 Å². The monoisotopic (exact) mass is 330 g/mol. The molecule has 0 aromatic carbocycles. The van der Waals surface area contributed by atoms with Gasteiger partial charge in [-0.1, -0.05) is 32.1 Å². The van der Waals surface area contributed by atoms with Gasteiger partial charge in [0.05, 0.1) is 13.2 Å². The number of hydrogen-bond donors (Lipinski definition) is 3. The van der Waals surface area contributed by atoms with Crippen LogP contribution in [0.15, 0.2) is 4.99 Å². The molecule has 22 heavy (non-hydrogen) atoms. The summed E-state index contributed by atoms with van der Waals surface area (Å²) in [5.74, 6) is 0.746. The predicted octanol–water partition coefficient (Wildman–Crippen LogP) is 1.65. The Morgan fingerprint density at radius 1 is 1.59 bits per heavy atom. The van der Waals surface area contributed by atoms with Crippen LogP contribution in [0.25, 0.3) is 0 Å². The highest BCUT2D eigenvalue weighted by molar-refractivity contribution is 7.13. The summed E-state index contributed by atoms with van der Waals surface area (Å²) < 4.78 is 22.8. The molecule has 0 aliphatic heterocycles. The van der Waals surface area contributed by atoms with E-state index in [4.69, 9.17) is 9.84 Å². The zero-order valence-electron chi connectivity index (χ0n) is 12.6. The average Bonchev–Trinajstić information content (AvgIpc) is 2.85. The third-order valence-electron chi connectivity index (χ3n) is 3.88. The maximum atomic E-state index is 11.4. The second-order valence-electron chi connectivity index (χ2n) is 5.51. The lowest BCUT2D eigenvalue weighted by Gasteiger charge is -2.24. The van der Waals surface area contributed by atoms with Crippen molar-refractivity contribution in [3.05, 3.63) is 5.49 Å². The van der Waals surface area contributed by atoms with E-state index in [9.17, 15) is 9.35 Å². The molecule has 9 heteroatoms. The molecule has 1 unspecified atom stereocenters. The minimum absolute atomic E-state index is 0.197. The van der Waals surface area contributed by atoms with Crippen LogP contribution in [0.2, 0.25) is 0 Å². The quantitative estimate of drug-likeness (QED) is 0.684. The zero-order chi connectivity index (χ0) is 15.9. The van der Waals surface area contributed by atoms with Crippen LogP contribution in [0.5, 0.6) is 5.88 Å². The molecule has 0 saturated heterocycles. The maximum absolute atomic E-state index is 11.4. The lowest BCUT2D eigenvalue weighted by atomic mass is 9.85. The number of aromatic nitrogens is 2. The standard InChI is InChI=1S/C13H22N4O4S/c1-21-12-11(16-22(20)17-12)15-10(8-14-13(18)19)7-9-5-3-2-4-6-9/h9-10,14H,2-8H2,1H3,(H,15,16)(H,18,19)/t10-,22?/m0/s1. The Morgan fingerprint density at radius 2 is 2.32 bits per heavy atom. The highest BCUT2D eigenvalue weighted by Crippen LogP contribution is 2.28. The number of nitrogens with one attached hydrogen (secondary N) is 2. The van der Waals surface area contributed by atoms with Crippen LogP contribution < -0.4 is 15.5 Å². The van der Waals surface area contributed by atoms with Gasteiger partial charge in [0.1, 0.15) is 0 Å². The molecule has 1 aromatic rings. The van der Waals surface area contributed by atoms with E-state index in [-0.39, 0.29) is 18.5 Å². The van der Waals surface area contributed by atoms with Crippen molar-refractivity contribution in [2.24, 2.45) is 10.9 Å². The van der Waals surface area contributed by atoms with Crippen molar-refractivity contribution < 1.29 is 19.2 Å². The Balaban J connectivity index is 2.13. The molecule has 1 aliphatic carbocycles. The summed E-state index contributed by atoms with van der Waals surface area (Å²) in [4.78, 5) is 15.2. The lowest BCUT2D eigenvalue weighted by Crippen LogP contribution is -2.33. The van der Waals surface area contributed by atoms with Crippen LogP contribution in [0.3, 0.4) is 0 Å². The predicted molar refractivity (Wildman–Crippen MR) is 80.4 cm³/mol. The molecule has 0 bridgehead atoms. The smallest absolute Gasteiger partial charge is 0.404 e. The Labute approximate surface area is 131 Å². The van der Waals surface area contributed by atoms with Gasteiger partial charge in [0.15, 0.2) is 11.1 Å². The summed E-state index contributed by atoms with van der Waals surface area (Å²) in [6.45, 7) is 0.223. The number of carboxylic acid groups (broad SMARTS) is 1. The number of H-pyrrole nitrogens is 1. The average molecular weight is 330 g/mol. The molecule has 2 rings (SSSR count). The van der Waals surface area contributed by atoms with Crippen LogP contribution in [-0.4, -0.2) is 44.2 Å². The summed E-state index contributed by atoms with van der Waals surface area (Å²) in [6.07, 6.45) is 5.73. The van der Waals surface area contributed by atoms with Gasteiger partial charge < -0.3 is 19.7 Å². The molecule has 3 N–H and O–H groups in total. The third-order valence-corrected chi connectivity index (χ3v) is 4.58. The van der Waals surface area contributed by atoms with Crippen molar-refractivity contribution in [2.75, 3.05) is 13.7 Å². The Hall–Kier alpha value is -1.61. The minimum atomic E-state index is -1.57. The van der Waals surface area contributed by atoms with Gasteiger partial charge in [0.25, 0.3) is 0 Å². The van der Waals surface area contributed by atoms with E-state index in [0.717, 1.165) is 19.3 Å². The second kappa shape index (κ2) is 8.14. The fourth-order valence-electron chi connectivity index (χ4n) is 2.86. The molecule has 1 heterocycles. The van der Waals surface area contributed by atoms with E-state index in [1.807, 2.05) is 0 Å². The fraction of sp³-hybridized carbons (Fsp3) is 0.769. The van der Waals surface area contributed by atoms with E-state index in [2.05, 4.69) is 19.1 Å². The molecule has 2 atom stereocenters. The molecule has 1 saturated carbocycles. The Bertz CT molecular complexity index is 550. The maximum Gasteiger partial charge on any atom is 0.404 e. The Kier molecular flexibility index (Phi) is 6.20. The van der Waals surface area contributed by atoms with Crippen molar-refractivity contribution in [2.45, 2.75) is 44.6 Å². The highest BCUT2D eigenvalue weighted by atomic mass is 32.2. The molecule has 0 radical (unpaired) electrons. The van der Waals surface area contributed by atoms with Gasteiger partial charge in [-0.15, -0.1) is 4.37 Å². The first-order chi connectivity index (χ1) is 10.6. The molecule has 8 nitrogen and oxygen atoms in total. The molecular formula is C13H22N4O4S. The molecule has 1 fully saturated rings. The van der Waals surface area contributed by atoms with Crippen molar-refractivity contribution in [3.8, 4) is 5.88 Å². The van der Waals surface area contributed by atoms with Crippen molar-refractivity contribution >= 4 is 17.2 Å². The normalized spacial score (nSPS) is 19.0. The molecular weight excluding hydrogens is 308 g/mol. The number of ether oxygens (including phenoxy) is 1. The molecule has 1 aliphatic rings. The van der Waals surface area contributed by atoms with E-state index >= 15 is 0 Å². The van der Waals surface area contributed by atoms with Crippen molar-refractivity contribution in [3.63, 3.8) is 0 Å². The first kappa shape index (κ1) is 16.8. The topological polar surface area (TPSA) is 123 Å². The van der Waals surface area contributed by atoms with Gasteiger partial charge in [0, 0.05) is 10.9 Å². The summed E-state index contributed by atoms with van der Waals surface area (Å²) in [6, 6.07) is -0.225. The number of hydrogen-bond acceptors (Lipinski definition) is 5. The van der Waals surface area contributed by atoms with Crippen LogP contribution in [0.4, 0.5) is 4.79 Å². The van der Waals surface area contributed by atoms with Gasteiger partial charge in [-0.3, -0.25) is 4.99 Å². The summed E-state index contributed by atoms with van der Waals surface area (Å²) in [7, 11) is 1.43. The van der Waals surface area contributed by atoms with Gasteiger partial charge in [0.2, 0.25) is 5.49 Å². The Morgan fingerprint density at radius 3 is 2.95 bits per heavy atom. The molecule has 1 amide bonds. The summed E-state index contributed by atoms with van der Waals surface area (Å²) in [5.41, 5.74) is 0.328. The molecule has 1 aromatic heterocycles.